The number of carboxylic acid groups (broad SMARTS) is 1. The molecule has 0 aromatic heterocycles. The predicted octanol–water partition coefficient (Wildman–Crippen LogP) is 2.09. The zero-order valence-corrected chi connectivity index (χ0v) is 11.2. The van der Waals surface area contributed by atoms with Crippen LogP contribution >= 0.6 is 15.9 Å². The lowest BCUT2D eigenvalue weighted by Gasteiger charge is -2.10. The van der Waals surface area contributed by atoms with Crippen LogP contribution in [0.3, 0.4) is 0 Å². The fourth-order valence-corrected chi connectivity index (χ4v) is 1.69. The van der Waals surface area contributed by atoms with Crippen molar-refractivity contribution in [3.05, 3.63) is 33.8 Å². The fraction of sp³-hybridized carbons (Fsp3) is 0.333. The molecule has 1 atom stereocenters. The Morgan fingerprint density at radius 1 is 1.47 bits per heavy atom. The number of aryl methyl sites for hydroxylation is 1. The number of amides is 1. The highest BCUT2D eigenvalue weighted by molar-refractivity contribution is 9.10. The van der Waals surface area contributed by atoms with E-state index in [0.717, 1.165) is 15.6 Å². The van der Waals surface area contributed by atoms with Gasteiger partial charge in [0.15, 0.2) is 0 Å². The minimum Gasteiger partial charge on any atom is -0.481 e. The fourth-order valence-electron chi connectivity index (χ4n) is 1.28. The maximum absolute atomic E-state index is 11.5. The van der Waals surface area contributed by atoms with E-state index < -0.39 is 17.8 Å². The van der Waals surface area contributed by atoms with Crippen LogP contribution in [0.2, 0.25) is 0 Å². The molecule has 0 aliphatic heterocycles. The predicted molar refractivity (Wildman–Crippen MR) is 67.5 cm³/mol. The molecule has 0 bridgehead atoms. The first kappa shape index (κ1) is 13.7. The van der Waals surface area contributed by atoms with Crippen LogP contribution in [-0.4, -0.2) is 17.0 Å². The Hall–Kier alpha value is -1.36. The van der Waals surface area contributed by atoms with Gasteiger partial charge in [-0.1, -0.05) is 22.0 Å². The topological polar surface area (TPSA) is 66.4 Å². The zero-order valence-electron chi connectivity index (χ0n) is 9.66. The number of carbonyl (C=O) groups excluding carboxylic acids is 1. The third kappa shape index (κ3) is 3.85. The number of hydrogen-bond acceptors (Lipinski definition) is 2. The van der Waals surface area contributed by atoms with Crippen molar-refractivity contribution >= 4 is 27.8 Å². The van der Waals surface area contributed by atoms with E-state index >= 15 is 0 Å². The maximum atomic E-state index is 11.5. The summed E-state index contributed by atoms with van der Waals surface area (Å²) in [5, 5.41) is 11.3. The second-order valence-corrected chi connectivity index (χ2v) is 4.76. The SMILES string of the molecule is Cc1ccc(Br)cc1CNC(=O)C(C)C(=O)O. The van der Waals surface area contributed by atoms with Gasteiger partial charge in [-0.2, -0.15) is 0 Å². The number of hydrogen-bond donors (Lipinski definition) is 2. The van der Waals surface area contributed by atoms with Crippen LogP contribution in [0.1, 0.15) is 18.1 Å². The van der Waals surface area contributed by atoms with Crippen molar-refractivity contribution in [1.29, 1.82) is 0 Å². The Morgan fingerprint density at radius 3 is 2.71 bits per heavy atom. The largest absolute Gasteiger partial charge is 0.481 e. The number of benzene rings is 1. The summed E-state index contributed by atoms with van der Waals surface area (Å²) in [4.78, 5) is 22.1. The average Bonchev–Trinajstić information content (AvgIpc) is 2.28. The van der Waals surface area contributed by atoms with E-state index in [1.807, 2.05) is 25.1 Å². The summed E-state index contributed by atoms with van der Waals surface area (Å²) >= 11 is 3.35. The third-order valence-corrected chi connectivity index (χ3v) is 3.02. The van der Waals surface area contributed by atoms with Crippen molar-refractivity contribution in [2.24, 2.45) is 5.92 Å². The van der Waals surface area contributed by atoms with Gasteiger partial charge in [0, 0.05) is 11.0 Å². The molecule has 0 aliphatic carbocycles. The molecule has 0 heterocycles. The van der Waals surface area contributed by atoms with Crippen molar-refractivity contribution in [3.63, 3.8) is 0 Å². The van der Waals surface area contributed by atoms with E-state index in [4.69, 9.17) is 5.11 Å². The molecule has 17 heavy (non-hydrogen) atoms. The summed E-state index contributed by atoms with van der Waals surface area (Å²) in [6.07, 6.45) is 0. The molecule has 1 aromatic rings. The molecule has 4 nitrogen and oxygen atoms in total. The highest BCUT2D eigenvalue weighted by atomic mass is 79.9. The van der Waals surface area contributed by atoms with E-state index in [0.29, 0.717) is 6.54 Å². The van der Waals surface area contributed by atoms with Crippen LogP contribution in [0.15, 0.2) is 22.7 Å². The molecule has 1 amide bonds. The summed E-state index contributed by atoms with van der Waals surface area (Å²) in [5.41, 5.74) is 2.02. The van der Waals surface area contributed by atoms with Gasteiger partial charge in [0.05, 0.1) is 0 Å². The van der Waals surface area contributed by atoms with Crippen molar-refractivity contribution in [2.45, 2.75) is 20.4 Å². The lowest BCUT2D eigenvalue weighted by Crippen LogP contribution is -2.33. The highest BCUT2D eigenvalue weighted by Gasteiger charge is 2.19. The molecule has 1 aromatic carbocycles. The summed E-state index contributed by atoms with van der Waals surface area (Å²) < 4.78 is 0.929. The second kappa shape index (κ2) is 5.82. The minimum absolute atomic E-state index is 0.335. The Morgan fingerprint density at radius 2 is 2.12 bits per heavy atom. The Balaban J connectivity index is 2.64. The Labute approximate surface area is 108 Å². The van der Waals surface area contributed by atoms with Crippen LogP contribution in [0.25, 0.3) is 0 Å². The summed E-state index contributed by atoms with van der Waals surface area (Å²) in [6.45, 7) is 3.64. The monoisotopic (exact) mass is 299 g/mol. The minimum atomic E-state index is -1.12. The van der Waals surface area contributed by atoms with E-state index in [9.17, 15) is 9.59 Å². The van der Waals surface area contributed by atoms with Gasteiger partial charge in [0.2, 0.25) is 5.91 Å². The van der Waals surface area contributed by atoms with Gasteiger partial charge in [0.25, 0.3) is 0 Å². The number of halogens is 1. The first-order valence-corrected chi connectivity index (χ1v) is 5.96. The molecule has 0 aliphatic rings. The van der Waals surface area contributed by atoms with Crippen molar-refractivity contribution in [1.82, 2.24) is 5.32 Å². The molecule has 0 fully saturated rings. The van der Waals surface area contributed by atoms with E-state index in [1.165, 1.54) is 6.92 Å². The van der Waals surface area contributed by atoms with Crippen LogP contribution in [0, 0.1) is 12.8 Å². The first-order valence-electron chi connectivity index (χ1n) is 5.17. The number of aliphatic carboxylic acids is 1. The molecule has 1 unspecified atom stereocenters. The van der Waals surface area contributed by atoms with Crippen LogP contribution in [0.4, 0.5) is 0 Å². The lowest BCUT2D eigenvalue weighted by atomic mass is 10.1. The molecule has 2 N–H and O–H groups in total. The van der Waals surface area contributed by atoms with Crippen molar-refractivity contribution < 1.29 is 14.7 Å². The van der Waals surface area contributed by atoms with Gasteiger partial charge in [-0.25, -0.2) is 0 Å². The highest BCUT2D eigenvalue weighted by Crippen LogP contribution is 2.15. The maximum Gasteiger partial charge on any atom is 0.315 e. The molecule has 5 heteroatoms. The van der Waals surface area contributed by atoms with Gasteiger partial charge >= 0.3 is 5.97 Å². The van der Waals surface area contributed by atoms with E-state index in [-0.39, 0.29) is 0 Å². The molecule has 1 rings (SSSR count). The van der Waals surface area contributed by atoms with E-state index in [2.05, 4.69) is 21.2 Å². The second-order valence-electron chi connectivity index (χ2n) is 3.85. The number of nitrogens with one attached hydrogen (secondary N) is 1. The Kier molecular flexibility index (Phi) is 4.69. The van der Waals surface area contributed by atoms with Crippen LogP contribution in [0.5, 0.6) is 0 Å². The summed E-state index contributed by atoms with van der Waals surface area (Å²) in [7, 11) is 0. The number of carbonyl (C=O) groups is 2. The van der Waals surface area contributed by atoms with Gasteiger partial charge < -0.3 is 10.4 Å². The summed E-state index contributed by atoms with van der Waals surface area (Å²) in [6, 6.07) is 5.76. The molecular weight excluding hydrogens is 286 g/mol. The molecule has 92 valence electrons. The zero-order chi connectivity index (χ0) is 13.0. The van der Waals surface area contributed by atoms with Crippen LogP contribution in [-0.2, 0) is 16.1 Å². The van der Waals surface area contributed by atoms with Crippen LogP contribution < -0.4 is 5.32 Å². The number of carboxylic acids is 1. The molecule has 0 saturated heterocycles. The average molecular weight is 300 g/mol. The molecule has 0 radical (unpaired) electrons. The quantitative estimate of drug-likeness (QED) is 0.837. The standard InChI is InChI=1S/C12H14BrNO3/c1-7-3-4-10(13)5-9(7)6-14-11(15)8(2)12(16)17/h3-5,8H,6H2,1-2H3,(H,14,15)(H,16,17). The van der Waals surface area contributed by atoms with Gasteiger partial charge in [0.1, 0.15) is 5.92 Å². The third-order valence-electron chi connectivity index (χ3n) is 2.53. The van der Waals surface area contributed by atoms with Gasteiger partial charge in [-0.3, -0.25) is 9.59 Å². The molecule has 0 saturated carbocycles. The lowest BCUT2D eigenvalue weighted by molar-refractivity contribution is -0.146. The number of rotatable bonds is 4. The van der Waals surface area contributed by atoms with Gasteiger partial charge in [-0.15, -0.1) is 0 Å². The Bertz CT molecular complexity index is 445. The van der Waals surface area contributed by atoms with Crippen molar-refractivity contribution in [2.75, 3.05) is 0 Å². The molecule has 0 spiro atoms. The molecular formula is C12H14BrNO3. The van der Waals surface area contributed by atoms with E-state index in [1.54, 1.807) is 0 Å². The van der Waals surface area contributed by atoms with Crippen molar-refractivity contribution in [3.8, 4) is 0 Å². The first-order chi connectivity index (χ1) is 7.91. The normalized spacial score (nSPS) is 11.9. The van der Waals surface area contributed by atoms with Gasteiger partial charge in [-0.05, 0) is 37.1 Å². The summed E-state index contributed by atoms with van der Waals surface area (Å²) in [5.74, 6) is -2.62. The smallest absolute Gasteiger partial charge is 0.315 e.